The molecule has 8 nitrogen and oxygen atoms in total. The molecule has 2 aliphatic rings. The van der Waals surface area contributed by atoms with Gasteiger partial charge in [-0.3, -0.25) is 4.79 Å². The molecule has 0 bridgehead atoms. The standard InChI is InChI=1S/C26H34N6O2/c1-17(2)34-21-8-6-7-19(13-21)26(33)31-11-5-4-9-23(31)22-14-24-28-25(18(3)15-32(24)29-22)30-12-10-20(27)16-30/h6-8,13-15,17,20,23H,4-5,9-12,16,27H2,1-3H3/t20-,23-/m0/s1. The molecule has 2 aliphatic heterocycles. The lowest BCUT2D eigenvalue weighted by Gasteiger charge is -2.34. The molecule has 0 unspecified atom stereocenters. The maximum atomic E-state index is 13.6. The van der Waals surface area contributed by atoms with Crippen LogP contribution in [0.4, 0.5) is 5.82 Å². The first-order valence-electron chi connectivity index (χ1n) is 12.3. The van der Waals surface area contributed by atoms with E-state index in [2.05, 4.69) is 11.8 Å². The molecular weight excluding hydrogens is 428 g/mol. The summed E-state index contributed by atoms with van der Waals surface area (Å²) in [6.45, 7) is 8.51. The maximum absolute atomic E-state index is 13.6. The van der Waals surface area contributed by atoms with Crippen molar-refractivity contribution >= 4 is 17.4 Å². The Bertz CT molecular complexity index is 1190. The largest absolute Gasteiger partial charge is 0.491 e. The predicted octanol–water partition coefficient (Wildman–Crippen LogP) is 3.73. The molecule has 1 amide bonds. The number of rotatable bonds is 5. The highest BCUT2D eigenvalue weighted by Gasteiger charge is 2.31. The second-order valence-corrected chi connectivity index (χ2v) is 9.82. The molecule has 180 valence electrons. The van der Waals surface area contributed by atoms with Crippen molar-refractivity contribution < 1.29 is 9.53 Å². The normalized spacial score (nSPS) is 21.0. The number of hydrogen-bond acceptors (Lipinski definition) is 6. The Morgan fingerprint density at radius 3 is 2.79 bits per heavy atom. The van der Waals surface area contributed by atoms with Crippen molar-refractivity contribution in [1.29, 1.82) is 0 Å². The highest BCUT2D eigenvalue weighted by molar-refractivity contribution is 5.95. The number of aryl methyl sites for hydroxylation is 1. The minimum absolute atomic E-state index is 0.0202. The van der Waals surface area contributed by atoms with Crippen LogP contribution in [0.5, 0.6) is 5.75 Å². The van der Waals surface area contributed by atoms with Crippen LogP contribution in [0.1, 0.15) is 67.2 Å². The number of carbonyl (C=O) groups excluding carboxylic acids is 1. The third-order valence-electron chi connectivity index (χ3n) is 6.71. The summed E-state index contributed by atoms with van der Waals surface area (Å²) in [5.41, 5.74) is 9.55. The van der Waals surface area contributed by atoms with E-state index >= 15 is 0 Å². The van der Waals surface area contributed by atoms with Gasteiger partial charge >= 0.3 is 0 Å². The van der Waals surface area contributed by atoms with Gasteiger partial charge in [-0.2, -0.15) is 5.10 Å². The highest BCUT2D eigenvalue weighted by Crippen LogP contribution is 2.33. The van der Waals surface area contributed by atoms with Crippen LogP contribution in [-0.2, 0) is 0 Å². The van der Waals surface area contributed by atoms with Gasteiger partial charge in [-0.1, -0.05) is 6.07 Å². The Kier molecular flexibility index (Phi) is 6.16. The van der Waals surface area contributed by atoms with Gasteiger partial charge in [0.05, 0.1) is 17.8 Å². The highest BCUT2D eigenvalue weighted by atomic mass is 16.5. The van der Waals surface area contributed by atoms with Gasteiger partial charge in [-0.25, -0.2) is 9.50 Å². The van der Waals surface area contributed by atoms with Crippen molar-refractivity contribution in [3.63, 3.8) is 0 Å². The third-order valence-corrected chi connectivity index (χ3v) is 6.71. The molecule has 5 rings (SSSR count). The van der Waals surface area contributed by atoms with Gasteiger partial charge in [0.25, 0.3) is 5.91 Å². The SMILES string of the molecule is Cc1cn2nc([C@@H]3CCCCN3C(=O)c3cccc(OC(C)C)c3)cc2nc1N1CC[C@H](N)C1. The van der Waals surface area contributed by atoms with Crippen molar-refractivity contribution in [3.8, 4) is 5.75 Å². The summed E-state index contributed by atoms with van der Waals surface area (Å²) in [6.07, 6.45) is 6.04. The van der Waals surface area contributed by atoms with Gasteiger partial charge in [0, 0.05) is 49.1 Å². The monoisotopic (exact) mass is 462 g/mol. The van der Waals surface area contributed by atoms with E-state index in [1.807, 2.05) is 59.8 Å². The van der Waals surface area contributed by atoms with Crippen molar-refractivity contribution in [2.45, 2.75) is 64.6 Å². The molecule has 0 spiro atoms. The van der Waals surface area contributed by atoms with Crippen LogP contribution in [0.25, 0.3) is 5.65 Å². The molecule has 0 saturated carbocycles. The Labute approximate surface area is 200 Å². The number of amides is 1. The third kappa shape index (κ3) is 4.46. The summed E-state index contributed by atoms with van der Waals surface area (Å²) >= 11 is 0. The number of nitrogens with two attached hydrogens (primary N) is 1. The van der Waals surface area contributed by atoms with Gasteiger partial charge in [0.1, 0.15) is 11.6 Å². The molecule has 2 aromatic heterocycles. The number of benzene rings is 1. The Morgan fingerprint density at radius 1 is 1.18 bits per heavy atom. The summed E-state index contributed by atoms with van der Waals surface area (Å²) < 4.78 is 7.65. The van der Waals surface area contributed by atoms with E-state index in [0.29, 0.717) is 5.56 Å². The van der Waals surface area contributed by atoms with E-state index in [1.54, 1.807) is 0 Å². The number of fused-ring (bicyclic) bond motifs is 1. The van der Waals surface area contributed by atoms with E-state index < -0.39 is 0 Å². The van der Waals surface area contributed by atoms with Gasteiger partial charge < -0.3 is 20.3 Å². The van der Waals surface area contributed by atoms with Crippen molar-refractivity contribution in [3.05, 3.63) is 53.3 Å². The molecule has 0 radical (unpaired) electrons. The van der Waals surface area contributed by atoms with Gasteiger partial charge in [-0.15, -0.1) is 0 Å². The summed E-state index contributed by atoms with van der Waals surface area (Å²) in [5.74, 6) is 1.72. The molecule has 4 heterocycles. The second kappa shape index (κ2) is 9.25. The minimum Gasteiger partial charge on any atom is -0.491 e. The molecule has 0 aliphatic carbocycles. The van der Waals surface area contributed by atoms with Crippen LogP contribution in [0.3, 0.4) is 0 Å². The Balaban J connectivity index is 1.43. The quantitative estimate of drug-likeness (QED) is 0.622. The number of piperidine rings is 1. The number of carbonyl (C=O) groups is 1. The van der Waals surface area contributed by atoms with Crippen molar-refractivity contribution in [1.82, 2.24) is 19.5 Å². The van der Waals surface area contributed by atoms with Crippen LogP contribution < -0.4 is 15.4 Å². The first kappa shape index (κ1) is 22.7. The van der Waals surface area contributed by atoms with Crippen LogP contribution >= 0.6 is 0 Å². The Hall–Kier alpha value is -3.13. The average molecular weight is 463 g/mol. The van der Waals surface area contributed by atoms with E-state index in [9.17, 15) is 4.79 Å². The van der Waals surface area contributed by atoms with Gasteiger partial charge in [-0.05, 0) is 64.7 Å². The lowest BCUT2D eigenvalue weighted by Crippen LogP contribution is -2.38. The molecule has 2 fully saturated rings. The zero-order valence-corrected chi connectivity index (χ0v) is 20.3. The fourth-order valence-corrected chi connectivity index (χ4v) is 5.10. The van der Waals surface area contributed by atoms with Crippen LogP contribution in [0.15, 0.2) is 36.5 Å². The lowest BCUT2D eigenvalue weighted by atomic mass is 9.98. The zero-order valence-electron chi connectivity index (χ0n) is 20.3. The van der Waals surface area contributed by atoms with E-state index in [0.717, 1.165) is 73.8 Å². The van der Waals surface area contributed by atoms with Crippen molar-refractivity contribution in [2.75, 3.05) is 24.5 Å². The average Bonchev–Trinajstić information content (AvgIpc) is 3.43. The lowest BCUT2D eigenvalue weighted by molar-refractivity contribution is 0.0605. The van der Waals surface area contributed by atoms with Crippen LogP contribution in [0.2, 0.25) is 0 Å². The summed E-state index contributed by atoms with van der Waals surface area (Å²) in [6, 6.07) is 9.65. The molecule has 3 aromatic rings. The van der Waals surface area contributed by atoms with Gasteiger partial charge in [0.2, 0.25) is 0 Å². The molecule has 2 saturated heterocycles. The van der Waals surface area contributed by atoms with E-state index in [-0.39, 0.29) is 24.1 Å². The van der Waals surface area contributed by atoms with Crippen molar-refractivity contribution in [2.24, 2.45) is 5.73 Å². The number of hydrogen-bond donors (Lipinski definition) is 1. The fourth-order valence-electron chi connectivity index (χ4n) is 5.10. The first-order valence-corrected chi connectivity index (χ1v) is 12.3. The Morgan fingerprint density at radius 2 is 2.03 bits per heavy atom. The first-order chi connectivity index (χ1) is 16.4. The summed E-state index contributed by atoms with van der Waals surface area (Å²) in [5, 5.41) is 4.86. The second-order valence-electron chi connectivity index (χ2n) is 9.82. The number of ether oxygens (including phenoxy) is 1. The minimum atomic E-state index is -0.0680. The van der Waals surface area contributed by atoms with Crippen LogP contribution in [0, 0.1) is 6.92 Å². The topological polar surface area (TPSA) is 89.0 Å². The van der Waals surface area contributed by atoms with Gasteiger partial charge in [0.15, 0.2) is 5.65 Å². The number of aromatic nitrogens is 3. The fraction of sp³-hybridized carbons (Fsp3) is 0.500. The van der Waals surface area contributed by atoms with E-state index in [4.69, 9.17) is 20.6 Å². The molecule has 1 aromatic carbocycles. The molecule has 2 atom stereocenters. The molecule has 8 heteroatoms. The molecule has 34 heavy (non-hydrogen) atoms. The summed E-state index contributed by atoms with van der Waals surface area (Å²) in [4.78, 5) is 22.7. The van der Waals surface area contributed by atoms with E-state index in [1.165, 1.54) is 0 Å². The number of nitrogens with zero attached hydrogens (tertiary/aromatic N) is 5. The number of anilines is 1. The smallest absolute Gasteiger partial charge is 0.254 e. The molecular formula is C26H34N6O2. The number of likely N-dealkylation sites (tertiary alicyclic amines) is 1. The summed E-state index contributed by atoms with van der Waals surface area (Å²) in [7, 11) is 0. The maximum Gasteiger partial charge on any atom is 0.254 e. The predicted molar refractivity (Wildman–Crippen MR) is 132 cm³/mol. The van der Waals surface area contributed by atoms with Crippen LogP contribution in [-0.4, -0.2) is 57.2 Å². The zero-order chi connectivity index (χ0) is 23.8. The molecule has 2 N–H and O–H groups in total.